The molecule has 0 spiro atoms. The Balaban J connectivity index is 1.25. The van der Waals surface area contributed by atoms with Crippen LogP contribution in [0.2, 0.25) is 0 Å². The summed E-state index contributed by atoms with van der Waals surface area (Å²) in [7, 11) is 0. The lowest BCUT2D eigenvalue weighted by molar-refractivity contribution is -0.123. The lowest BCUT2D eigenvalue weighted by Crippen LogP contribution is -2.35. The third-order valence-corrected chi connectivity index (χ3v) is 7.46. The summed E-state index contributed by atoms with van der Waals surface area (Å²) in [5, 5.41) is 6.61. The number of amides is 2. The predicted molar refractivity (Wildman–Crippen MR) is 118 cm³/mol. The Morgan fingerprint density at radius 3 is 2.77 bits per heavy atom. The summed E-state index contributed by atoms with van der Waals surface area (Å²) in [6.07, 6.45) is 8.95. The van der Waals surface area contributed by atoms with Gasteiger partial charge in [-0.05, 0) is 56.2 Å². The first kappa shape index (κ1) is 20.3. The van der Waals surface area contributed by atoms with Gasteiger partial charge in [0.2, 0.25) is 12.7 Å². The number of rotatable bonds is 5. The summed E-state index contributed by atoms with van der Waals surface area (Å²) in [6, 6.07) is 5.11. The van der Waals surface area contributed by atoms with Crippen LogP contribution in [0.4, 0.5) is 5.13 Å². The van der Waals surface area contributed by atoms with Gasteiger partial charge in [-0.15, -0.1) is 11.3 Å². The van der Waals surface area contributed by atoms with E-state index in [0.29, 0.717) is 28.1 Å². The van der Waals surface area contributed by atoms with Gasteiger partial charge in [-0.1, -0.05) is 19.3 Å². The lowest BCUT2D eigenvalue weighted by Gasteiger charge is -2.24. The topological polar surface area (TPSA) is 89.6 Å². The van der Waals surface area contributed by atoms with Gasteiger partial charge >= 0.3 is 0 Å². The number of hydrogen-bond acceptors (Lipinski definition) is 6. The van der Waals surface area contributed by atoms with Crippen LogP contribution in [-0.4, -0.2) is 30.1 Å². The molecule has 2 amide bonds. The quantitative estimate of drug-likeness (QED) is 0.724. The molecular weight excluding hydrogens is 414 g/mol. The summed E-state index contributed by atoms with van der Waals surface area (Å²) in [5.74, 6) is 1.42. The van der Waals surface area contributed by atoms with Crippen LogP contribution in [0, 0.1) is 5.92 Å². The molecule has 1 aliphatic heterocycles. The molecule has 7 nitrogen and oxygen atoms in total. The van der Waals surface area contributed by atoms with Gasteiger partial charge in [0.05, 0.1) is 11.6 Å². The number of aromatic nitrogens is 1. The number of anilines is 1. The van der Waals surface area contributed by atoms with Gasteiger partial charge in [-0.2, -0.15) is 0 Å². The van der Waals surface area contributed by atoms with Crippen molar-refractivity contribution >= 4 is 28.3 Å². The number of thiazole rings is 1. The van der Waals surface area contributed by atoms with Crippen molar-refractivity contribution < 1.29 is 19.1 Å². The van der Waals surface area contributed by atoms with Gasteiger partial charge in [0.15, 0.2) is 16.6 Å². The van der Waals surface area contributed by atoms with E-state index in [-0.39, 0.29) is 24.5 Å². The number of benzene rings is 1. The fourth-order valence-corrected chi connectivity index (χ4v) is 5.75. The van der Waals surface area contributed by atoms with E-state index < -0.39 is 0 Å². The molecule has 0 saturated heterocycles. The van der Waals surface area contributed by atoms with Crippen molar-refractivity contribution in [2.45, 2.75) is 57.3 Å². The van der Waals surface area contributed by atoms with Crippen molar-refractivity contribution in [2.24, 2.45) is 5.92 Å². The van der Waals surface area contributed by atoms with Crippen LogP contribution in [-0.2, 0) is 11.2 Å². The number of nitrogens with zero attached hydrogens (tertiary/aromatic N) is 1. The Kier molecular flexibility index (Phi) is 5.80. The van der Waals surface area contributed by atoms with E-state index in [2.05, 4.69) is 15.6 Å². The summed E-state index contributed by atoms with van der Waals surface area (Å²) in [4.78, 5) is 31.4. The van der Waals surface area contributed by atoms with E-state index in [1.165, 1.54) is 43.4 Å². The van der Waals surface area contributed by atoms with Crippen LogP contribution in [0.15, 0.2) is 18.2 Å². The first-order valence-corrected chi connectivity index (χ1v) is 12.0. The zero-order valence-electron chi connectivity index (χ0n) is 17.4. The van der Waals surface area contributed by atoms with Gasteiger partial charge in [0.25, 0.3) is 5.91 Å². The highest BCUT2D eigenvalue weighted by molar-refractivity contribution is 7.16. The maximum absolute atomic E-state index is 12.9. The number of nitrogens with one attached hydrogen (secondary N) is 2. The minimum absolute atomic E-state index is 0.0745. The average Bonchev–Trinajstić information content (AvgIpc) is 3.43. The smallest absolute Gasteiger partial charge is 0.257 e. The van der Waals surface area contributed by atoms with Crippen molar-refractivity contribution in [3.8, 4) is 11.5 Å². The standard InChI is InChI=1S/C23H27N3O4S/c27-21(15-9-10-17-18(11-15)30-13-29-17)26-23-25-20-16(7-4-8-19(20)31-23)22(28)24-12-14-5-2-1-3-6-14/h9-11,14,16H,1-8,12-13H2,(H,24,28)(H,25,26,27)/t16-/m1/s1. The molecule has 1 atom stereocenters. The van der Waals surface area contributed by atoms with Crippen molar-refractivity contribution in [1.82, 2.24) is 10.3 Å². The van der Waals surface area contributed by atoms with E-state index in [1.54, 1.807) is 18.2 Å². The molecule has 2 heterocycles. The highest BCUT2D eigenvalue weighted by Crippen LogP contribution is 2.37. The van der Waals surface area contributed by atoms with Crippen LogP contribution in [0.25, 0.3) is 0 Å². The fraction of sp³-hybridized carbons (Fsp3) is 0.522. The van der Waals surface area contributed by atoms with Crippen LogP contribution in [0.1, 0.15) is 71.8 Å². The van der Waals surface area contributed by atoms with Crippen LogP contribution >= 0.6 is 11.3 Å². The van der Waals surface area contributed by atoms with Crippen molar-refractivity contribution in [3.05, 3.63) is 34.3 Å². The predicted octanol–water partition coefficient (Wildman–Crippen LogP) is 4.24. The minimum atomic E-state index is -0.248. The molecule has 3 aliphatic rings. The summed E-state index contributed by atoms with van der Waals surface area (Å²) >= 11 is 1.47. The number of ether oxygens (including phenoxy) is 2. The Bertz CT molecular complexity index is 983. The molecule has 2 aliphatic carbocycles. The lowest BCUT2D eigenvalue weighted by atomic mass is 9.88. The van der Waals surface area contributed by atoms with Gasteiger partial charge in [-0.3, -0.25) is 14.9 Å². The van der Waals surface area contributed by atoms with Crippen molar-refractivity contribution in [1.29, 1.82) is 0 Å². The van der Waals surface area contributed by atoms with Crippen LogP contribution in [0.3, 0.4) is 0 Å². The molecule has 164 valence electrons. The molecule has 1 aromatic carbocycles. The molecule has 0 bridgehead atoms. The van der Waals surface area contributed by atoms with Gasteiger partial charge in [0.1, 0.15) is 0 Å². The van der Waals surface area contributed by atoms with Crippen LogP contribution < -0.4 is 20.1 Å². The molecule has 1 aromatic heterocycles. The zero-order chi connectivity index (χ0) is 21.2. The van der Waals surface area contributed by atoms with E-state index in [4.69, 9.17) is 9.47 Å². The molecule has 1 saturated carbocycles. The minimum Gasteiger partial charge on any atom is -0.454 e. The number of carbonyl (C=O) groups excluding carboxylic acids is 2. The second kappa shape index (κ2) is 8.86. The maximum atomic E-state index is 12.9. The fourth-order valence-electron chi connectivity index (χ4n) is 4.69. The summed E-state index contributed by atoms with van der Waals surface area (Å²) in [5.41, 5.74) is 1.32. The first-order chi connectivity index (χ1) is 15.2. The van der Waals surface area contributed by atoms with E-state index >= 15 is 0 Å². The highest BCUT2D eigenvalue weighted by Gasteiger charge is 2.31. The molecule has 0 unspecified atom stereocenters. The SMILES string of the molecule is O=C(Nc1nc2c(s1)CCC[C@H]2C(=O)NCC1CCCCC1)c1ccc2c(c1)OCO2. The molecular formula is C23H27N3O4S. The Morgan fingerprint density at radius 1 is 1.06 bits per heavy atom. The molecule has 2 aromatic rings. The third-order valence-electron chi connectivity index (χ3n) is 6.42. The molecule has 31 heavy (non-hydrogen) atoms. The normalized spacial score (nSPS) is 20.2. The molecule has 1 fully saturated rings. The number of carbonyl (C=O) groups is 2. The molecule has 2 N–H and O–H groups in total. The second-order valence-electron chi connectivity index (χ2n) is 8.54. The Labute approximate surface area is 185 Å². The summed E-state index contributed by atoms with van der Waals surface area (Å²) < 4.78 is 10.7. The zero-order valence-corrected chi connectivity index (χ0v) is 18.3. The maximum Gasteiger partial charge on any atom is 0.257 e. The highest BCUT2D eigenvalue weighted by atomic mass is 32.1. The first-order valence-electron chi connectivity index (χ1n) is 11.2. The van der Waals surface area contributed by atoms with Gasteiger partial charge < -0.3 is 14.8 Å². The number of aryl methyl sites for hydroxylation is 1. The van der Waals surface area contributed by atoms with E-state index in [9.17, 15) is 9.59 Å². The van der Waals surface area contributed by atoms with E-state index in [1.807, 2.05) is 0 Å². The Morgan fingerprint density at radius 2 is 1.90 bits per heavy atom. The molecule has 0 radical (unpaired) electrons. The number of hydrogen-bond donors (Lipinski definition) is 2. The average molecular weight is 442 g/mol. The number of fused-ring (bicyclic) bond motifs is 2. The van der Waals surface area contributed by atoms with Crippen LogP contribution in [0.5, 0.6) is 11.5 Å². The second-order valence-corrected chi connectivity index (χ2v) is 9.63. The van der Waals surface area contributed by atoms with Gasteiger partial charge in [0, 0.05) is 17.0 Å². The Hall–Kier alpha value is -2.61. The van der Waals surface area contributed by atoms with Crippen molar-refractivity contribution in [2.75, 3.05) is 18.7 Å². The van der Waals surface area contributed by atoms with E-state index in [0.717, 1.165) is 36.4 Å². The largest absolute Gasteiger partial charge is 0.454 e. The molecule has 8 heteroatoms. The van der Waals surface area contributed by atoms with Gasteiger partial charge in [-0.25, -0.2) is 4.98 Å². The third kappa shape index (κ3) is 4.39. The van der Waals surface area contributed by atoms with Crippen molar-refractivity contribution in [3.63, 3.8) is 0 Å². The monoisotopic (exact) mass is 441 g/mol. The summed E-state index contributed by atoms with van der Waals surface area (Å²) in [6.45, 7) is 0.937. The molecule has 5 rings (SSSR count).